The molecule has 0 aliphatic heterocycles. The number of hydrogen-bond donors (Lipinski definition) is 2. The van der Waals surface area contributed by atoms with E-state index >= 15 is 0 Å². The molecule has 112 valence electrons. The molecule has 1 atom stereocenters. The number of rotatable bonds is 4. The van der Waals surface area contributed by atoms with Gasteiger partial charge in [0.05, 0.1) is 0 Å². The zero-order valence-electron chi connectivity index (χ0n) is 11.6. The van der Waals surface area contributed by atoms with Gasteiger partial charge < -0.3 is 10.1 Å². The molecule has 4 nitrogen and oxygen atoms in total. The summed E-state index contributed by atoms with van der Waals surface area (Å²) in [5, 5.41) is 4.98. The Bertz CT molecular complexity index is 333. The largest absolute Gasteiger partial charge is 0.444 e. The molecule has 1 rings (SSSR count). The average Bonchev–Trinajstić information content (AvgIpc) is 2.92. The van der Waals surface area contributed by atoms with E-state index in [1.165, 1.54) is 0 Å². The quantitative estimate of drug-likeness (QED) is 0.833. The first kappa shape index (κ1) is 16.1. The average molecular weight is 282 g/mol. The molecule has 0 bridgehead atoms. The van der Waals surface area contributed by atoms with E-state index in [0.29, 0.717) is 0 Å². The van der Waals surface area contributed by atoms with Crippen LogP contribution in [0.1, 0.15) is 40.5 Å². The predicted molar refractivity (Wildman–Crippen MR) is 64.9 cm³/mol. The van der Waals surface area contributed by atoms with Gasteiger partial charge in [-0.25, -0.2) is 4.79 Å². The van der Waals surface area contributed by atoms with E-state index < -0.39 is 29.5 Å². The number of amides is 1. The molecule has 0 aromatic carbocycles. The lowest BCUT2D eigenvalue weighted by molar-refractivity contribution is -0.167. The van der Waals surface area contributed by atoms with Gasteiger partial charge in [-0.2, -0.15) is 13.2 Å². The van der Waals surface area contributed by atoms with Gasteiger partial charge in [0.2, 0.25) is 0 Å². The summed E-state index contributed by atoms with van der Waals surface area (Å²) in [5.74, 6) is 0. The molecule has 1 saturated carbocycles. The van der Waals surface area contributed by atoms with Crippen molar-refractivity contribution in [1.82, 2.24) is 10.6 Å². The number of nitrogens with one attached hydrogen (secondary N) is 2. The maximum atomic E-state index is 12.7. The number of hydrogen-bond acceptors (Lipinski definition) is 3. The van der Waals surface area contributed by atoms with Gasteiger partial charge in [-0.1, -0.05) is 0 Å². The second kappa shape index (κ2) is 5.19. The molecule has 1 aliphatic rings. The molecule has 0 spiro atoms. The Kier molecular flexibility index (Phi) is 4.39. The van der Waals surface area contributed by atoms with Crippen molar-refractivity contribution in [2.24, 2.45) is 0 Å². The fourth-order valence-electron chi connectivity index (χ4n) is 1.71. The Morgan fingerprint density at radius 2 is 1.84 bits per heavy atom. The van der Waals surface area contributed by atoms with Gasteiger partial charge >= 0.3 is 12.3 Å². The number of alkyl halides is 3. The summed E-state index contributed by atoms with van der Waals surface area (Å²) >= 11 is 0. The molecular formula is C12H21F3N2O2. The highest BCUT2D eigenvalue weighted by Gasteiger charge is 2.63. The summed E-state index contributed by atoms with van der Waals surface area (Å²) in [7, 11) is 0. The van der Waals surface area contributed by atoms with Crippen molar-refractivity contribution in [2.75, 3.05) is 6.54 Å². The maximum absolute atomic E-state index is 12.7. The van der Waals surface area contributed by atoms with Gasteiger partial charge in [0.25, 0.3) is 0 Å². The Balaban J connectivity index is 2.33. The summed E-state index contributed by atoms with van der Waals surface area (Å²) in [6.45, 7) is 6.85. The zero-order chi connectivity index (χ0) is 14.9. The molecule has 1 unspecified atom stereocenters. The molecule has 0 aromatic rings. The molecule has 1 fully saturated rings. The van der Waals surface area contributed by atoms with E-state index in [-0.39, 0.29) is 19.4 Å². The van der Waals surface area contributed by atoms with Crippen LogP contribution >= 0.6 is 0 Å². The van der Waals surface area contributed by atoms with E-state index in [9.17, 15) is 18.0 Å². The van der Waals surface area contributed by atoms with Gasteiger partial charge in [-0.15, -0.1) is 0 Å². The summed E-state index contributed by atoms with van der Waals surface area (Å²) in [4.78, 5) is 11.4. The van der Waals surface area contributed by atoms with Crippen LogP contribution in [0.15, 0.2) is 0 Å². The van der Waals surface area contributed by atoms with Crippen molar-refractivity contribution in [3.05, 3.63) is 0 Å². The van der Waals surface area contributed by atoms with E-state index in [0.717, 1.165) is 0 Å². The fraction of sp³-hybridized carbons (Fsp3) is 0.917. The second-order valence-corrected chi connectivity index (χ2v) is 6.01. The summed E-state index contributed by atoms with van der Waals surface area (Å²) < 4.78 is 43.1. The first-order valence-corrected chi connectivity index (χ1v) is 6.26. The first-order chi connectivity index (χ1) is 8.45. The van der Waals surface area contributed by atoms with Crippen LogP contribution in [0.5, 0.6) is 0 Å². The molecule has 0 heterocycles. The lowest BCUT2D eigenvalue weighted by Gasteiger charge is -2.26. The summed E-state index contributed by atoms with van der Waals surface area (Å²) in [6, 6.07) is -0.475. The van der Waals surface area contributed by atoms with Gasteiger partial charge in [0.15, 0.2) is 0 Å². The molecule has 0 saturated heterocycles. The van der Waals surface area contributed by atoms with E-state index in [4.69, 9.17) is 4.74 Å². The van der Waals surface area contributed by atoms with Gasteiger partial charge in [-0.05, 0) is 40.5 Å². The molecule has 0 aromatic heterocycles. The van der Waals surface area contributed by atoms with Crippen LogP contribution in [0, 0.1) is 0 Å². The summed E-state index contributed by atoms with van der Waals surface area (Å²) in [5.41, 5.74) is -2.38. The molecule has 7 heteroatoms. The third kappa shape index (κ3) is 4.89. The predicted octanol–water partition coefficient (Wildman–Crippen LogP) is 2.58. The van der Waals surface area contributed by atoms with Crippen LogP contribution < -0.4 is 10.6 Å². The minimum Gasteiger partial charge on any atom is -0.444 e. The van der Waals surface area contributed by atoms with E-state index in [1.807, 2.05) is 0 Å². The van der Waals surface area contributed by atoms with Gasteiger partial charge in [-0.3, -0.25) is 5.32 Å². The van der Waals surface area contributed by atoms with E-state index in [2.05, 4.69) is 10.6 Å². The highest BCUT2D eigenvalue weighted by Crippen LogP contribution is 2.49. The number of halogens is 3. The Morgan fingerprint density at radius 1 is 1.32 bits per heavy atom. The lowest BCUT2D eigenvalue weighted by Crippen LogP contribution is -2.52. The number of carbonyl (C=O) groups is 1. The minimum absolute atomic E-state index is 0.0900. The highest BCUT2D eigenvalue weighted by molar-refractivity contribution is 5.67. The van der Waals surface area contributed by atoms with Crippen molar-refractivity contribution < 1.29 is 22.7 Å². The Morgan fingerprint density at radius 3 is 2.21 bits per heavy atom. The van der Waals surface area contributed by atoms with Gasteiger partial charge in [0.1, 0.15) is 11.1 Å². The number of alkyl carbamates (subject to hydrolysis) is 1. The standard InChI is InChI=1S/C12H21F3N2O2/c1-8(7-16-9(18)19-10(2,3)4)17-11(5-6-11)12(13,14)15/h8,17H,5-7H2,1-4H3,(H,16,18). The SMILES string of the molecule is CC(CNC(=O)OC(C)(C)C)NC1(C(F)(F)F)CC1. The first-order valence-electron chi connectivity index (χ1n) is 6.26. The van der Waals surface area contributed by atoms with E-state index in [1.54, 1.807) is 27.7 Å². The van der Waals surface area contributed by atoms with Crippen molar-refractivity contribution in [2.45, 2.75) is 63.9 Å². The monoisotopic (exact) mass is 282 g/mol. The molecule has 1 amide bonds. The van der Waals surface area contributed by atoms with Crippen LogP contribution in [0.4, 0.5) is 18.0 Å². The maximum Gasteiger partial charge on any atom is 0.407 e. The molecular weight excluding hydrogens is 261 g/mol. The summed E-state index contributed by atoms with van der Waals surface area (Å²) in [6.07, 6.45) is -4.69. The minimum atomic E-state index is -4.24. The van der Waals surface area contributed by atoms with Crippen LogP contribution in [0.2, 0.25) is 0 Å². The highest BCUT2D eigenvalue weighted by atomic mass is 19.4. The van der Waals surface area contributed by atoms with Crippen LogP contribution in [-0.4, -0.2) is 36.0 Å². The smallest absolute Gasteiger partial charge is 0.407 e. The van der Waals surface area contributed by atoms with Crippen LogP contribution in [0.3, 0.4) is 0 Å². The molecule has 0 radical (unpaired) electrons. The van der Waals surface area contributed by atoms with Crippen LogP contribution in [0.25, 0.3) is 0 Å². The molecule has 19 heavy (non-hydrogen) atoms. The van der Waals surface area contributed by atoms with Gasteiger partial charge in [0, 0.05) is 12.6 Å². The zero-order valence-corrected chi connectivity index (χ0v) is 11.6. The second-order valence-electron chi connectivity index (χ2n) is 6.01. The number of carbonyl (C=O) groups excluding carboxylic acids is 1. The van der Waals surface area contributed by atoms with Crippen molar-refractivity contribution in [1.29, 1.82) is 0 Å². The van der Waals surface area contributed by atoms with Crippen molar-refractivity contribution >= 4 is 6.09 Å². The third-order valence-corrected chi connectivity index (χ3v) is 2.77. The third-order valence-electron chi connectivity index (χ3n) is 2.77. The topological polar surface area (TPSA) is 50.4 Å². The van der Waals surface area contributed by atoms with Crippen LogP contribution in [-0.2, 0) is 4.74 Å². The van der Waals surface area contributed by atoms with Crippen molar-refractivity contribution in [3.8, 4) is 0 Å². The molecule has 1 aliphatic carbocycles. The lowest BCUT2D eigenvalue weighted by atomic mass is 10.2. The normalized spacial score (nSPS) is 19.7. The Labute approximate surface area is 111 Å². The molecule has 2 N–H and O–H groups in total. The van der Waals surface area contributed by atoms with Crippen molar-refractivity contribution in [3.63, 3.8) is 0 Å². The fourth-order valence-corrected chi connectivity index (χ4v) is 1.71. The Hall–Kier alpha value is -0.980. The number of ether oxygens (including phenoxy) is 1.